The molecule has 0 fully saturated rings. The lowest BCUT2D eigenvalue weighted by molar-refractivity contribution is 0.645. The van der Waals surface area contributed by atoms with Gasteiger partial charge in [0.1, 0.15) is 17.9 Å². The van der Waals surface area contributed by atoms with Crippen LogP contribution in [0, 0.1) is 6.92 Å². The van der Waals surface area contributed by atoms with Crippen LogP contribution in [0.1, 0.15) is 41.5 Å². The number of fused-ring (bicyclic) bond motifs is 3. The molecule has 2 atom stereocenters. The van der Waals surface area contributed by atoms with E-state index in [1.54, 1.807) is 0 Å². The number of hydrogen-bond acceptors (Lipinski definition) is 5. The van der Waals surface area contributed by atoms with Gasteiger partial charge >= 0.3 is 0 Å². The first-order valence-corrected chi connectivity index (χ1v) is 17.4. The fourth-order valence-electron chi connectivity index (χ4n) is 7.54. The molecule has 2 aliphatic heterocycles. The third-order valence-electron chi connectivity index (χ3n) is 10.2. The van der Waals surface area contributed by atoms with Crippen LogP contribution < -0.4 is 20.4 Å². The third-order valence-corrected chi connectivity index (χ3v) is 10.2. The zero-order valence-electron chi connectivity index (χ0n) is 28.2. The highest BCUT2D eigenvalue weighted by atomic mass is 16.3. The second-order valence-corrected chi connectivity index (χ2v) is 13.1. The van der Waals surface area contributed by atoms with Crippen molar-refractivity contribution in [2.75, 3.05) is 9.80 Å². The van der Waals surface area contributed by atoms with Crippen molar-refractivity contribution in [3.05, 3.63) is 181 Å². The van der Waals surface area contributed by atoms with Gasteiger partial charge in [-0.25, -0.2) is 0 Å². The number of nitrogens with zero attached hydrogens (tertiary/aromatic N) is 2. The number of para-hydroxylation sites is 1. The van der Waals surface area contributed by atoms with Crippen molar-refractivity contribution in [2.45, 2.75) is 32.6 Å². The maximum atomic E-state index is 6.60. The maximum Gasteiger partial charge on any atom is 0.159 e. The normalized spacial score (nSPS) is 16.8. The Morgan fingerprint density at radius 3 is 2.02 bits per heavy atom. The van der Waals surface area contributed by atoms with Crippen molar-refractivity contribution in [2.24, 2.45) is 0 Å². The first kappa shape index (κ1) is 29.9. The molecular weight excluding hydrogens is 613 g/mol. The van der Waals surface area contributed by atoms with Gasteiger partial charge in [-0.2, -0.15) is 0 Å². The van der Waals surface area contributed by atoms with Crippen LogP contribution in [0.3, 0.4) is 0 Å². The van der Waals surface area contributed by atoms with Gasteiger partial charge in [0.05, 0.1) is 5.69 Å². The van der Waals surface area contributed by atoms with Crippen LogP contribution in [-0.4, -0.2) is 0 Å². The van der Waals surface area contributed by atoms with Gasteiger partial charge in [0.2, 0.25) is 0 Å². The first-order valence-electron chi connectivity index (χ1n) is 17.4. The molecular formula is C45H38N4O. The lowest BCUT2D eigenvalue weighted by Gasteiger charge is -2.27. The number of anilines is 2. The average molecular weight is 651 g/mol. The van der Waals surface area contributed by atoms with E-state index in [9.17, 15) is 0 Å². The van der Waals surface area contributed by atoms with Crippen LogP contribution in [0.5, 0.6) is 0 Å². The lowest BCUT2D eigenvalue weighted by atomic mass is 9.90. The molecule has 7 aromatic rings. The summed E-state index contributed by atoms with van der Waals surface area (Å²) < 4.78 is 6.60. The standard InChI is InChI=1S/C45H38N4O/c1-3-31-18-19-34(27-39(31)38-29-36(21-17-30(38)2)48-25-23-46-44(48)32-11-6-4-7-12-32)35-20-22-42-40(28-35)37-15-10-16-41(43(37)50-42)49-26-24-47-45(49)33-13-8-5-9-14-33/h4-29,44-47H,3H2,1-2H3. The lowest BCUT2D eigenvalue weighted by Crippen LogP contribution is -2.26. The third kappa shape index (κ3) is 5.10. The van der Waals surface area contributed by atoms with Crippen molar-refractivity contribution in [1.29, 1.82) is 0 Å². The quantitative estimate of drug-likeness (QED) is 0.180. The maximum absolute atomic E-state index is 6.60. The molecule has 0 amide bonds. The summed E-state index contributed by atoms with van der Waals surface area (Å²) in [6, 6.07) is 47.9. The molecule has 0 spiro atoms. The van der Waals surface area contributed by atoms with Crippen LogP contribution >= 0.6 is 0 Å². The van der Waals surface area contributed by atoms with E-state index in [-0.39, 0.29) is 12.3 Å². The van der Waals surface area contributed by atoms with Crippen LogP contribution in [0.25, 0.3) is 44.2 Å². The molecule has 3 heterocycles. The van der Waals surface area contributed by atoms with Gasteiger partial charge in [-0.05, 0) is 94.3 Å². The highest BCUT2D eigenvalue weighted by Crippen LogP contribution is 2.41. The summed E-state index contributed by atoms with van der Waals surface area (Å²) in [5.41, 5.74) is 13.9. The van der Waals surface area contributed by atoms with Gasteiger partial charge in [-0.15, -0.1) is 0 Å². The molecule has 2 unspecified atom stereocenters. The van der Waals surface area contributed by atoms with E-state index in [1.807, 2.05) is 12.4 Å². The summed E-state index contributed by atoms with van der Waals surface area (Å²) in [5, 5.41) is 9.27. The van der Waals surface area contributed by atoms with E-state index in [1.165, 1.54) is 44.5 Å². The van der Waals surface area contributed by atoms with Gasteiger partial charge in [0.15, 0.2) is 5.58 Å². The molecule has 9 rings (SSSR count). The summed E-state index contributed by atoms with van der Waals surface area (Å²) in [4.78, 5) is 4.57. The molecule has 244 valence electrons. The second kappa shape index (κ2) is 12.4. The molecule has 1 aromatic heterocycles. The number of hydrogen-bond donors (Lipinski definition) is 2. The smallest absolute Gasteiger partial charge is 0.159 e. The minimum atomic E-state index is 0.00464. The minimum Gasteiger partial charge on any atom is -0.454 e. The van der Waals surface area contributed by atoms with Crippen LogP contribution in [-0.2, 0) is 6.42 Å². The molecule has 0 radical (unpaired) electrons. The van der Waals surface area contributed by atoms with Gasteiger partial charge in [-0.3, -0.25) is 0 Å². The fraction of sp³-hybridized carbons (Fsp3) is 0.111. The highest BCUT2D eigenvalue weighted by Gasteiger charge is 2.26. The van der Waals surface area contributed by atoms with Gasteiger partial charge in [0, 0.05) is 41.3 Å². The minimum absolute atomic E-state index is 0.00464. The SMILES string of the molecule is CCc1ccc(-c2ccc3oc4c(N5C=CNC5c5ccccc5)cccc4c3c2)cc1-c1cc(N2C=CNC2c2ccccc2)ccc1C. The molecule has 6 aromatic carbocycles. The first-order chi connectivity index (χ1) is 24.7. The van der Waals surface area contributed by atoms with Crippen LogP contribution in [0.2, 0.25) is 0 Å². The predicted octanol–water partition coefficient (Wildman–Crippen LogP) is 11.0. The highest BCUT2D eigenvalue weighted by molar-refractivity contribution is 6.10. The second-order valence-electron chi connectivity index (χ2n) is 13.1. The summed E-state index contributed by atoms with van der Waals surface area (Å²) >= 11 is 0. The predicted molar refractivity (Wildman–Crippen MR) is 207 cm³/mol. The van der Waals surface area contributed by atoms with Gasteiger partial charge in [0.25, 0.3) is 0 Å². The van der Waals surface area contributed by atoms with E-state index in [0.717, 1.165) is 39.7 Å². The Hall–Kier alpha value is -6.20. The zero-order chi connectivity index (χ0) is 33.6. The Balaban J connectivity index is 1.10. The van der Waals surface area contributed by atoms with Crippen molar-refractivity contribution < 1.29 is 4.42 Å². The van der Waals surface area contributed by atoms with Crippen molar-refractivity contribution in [3.8, 4) is 22.3 Å². The van der Waals surface area contributed by atoms with Gasteiger partial charge in [-0.1, -0.05) is 104 Å². The molecule has 50 heavy (non-hydrogen) atoms. The van der Waals surface area contributed by atoms with Crippen molar-refractivity contribution >= 4 is 33.3 Å². The van der Waals surface area contributed by atoms with E-state index in [4.69, 9.17) is 4.42 Å². The van der Waals surface area contributed by atoms with Crippen LogP contribution in [0.4, 0.5) is 11.4 Å². The van der Waals surface area contributed by atoms with Gasteiger partial charge < -0.3 is 24.9 Å². The fourth-order valence-corrected chi connectivity index (χ4v) is 7.54. The summed E-state index contributed by atoms with van der Waals surface area (Å²) in [6.45, 7) is 4.46. The molecule has 5 nitrogen and oxygen atoms in total. The molecule has 0 saturated carbocycles. The number of furan rings is 1. The summed E-state index contributed by atoms with van der Waals surface area (Å²) in [7, 11) is 0. The zero-order valence-corrected chi connectivity index (χ0v) is 28.2. The summed E-state index contributed by atoms with van der Waals surface area (Å²) in [5.74, 6) is 0. The molecule has 2 N–H and O–H groups in total. The molecule has 5 heteroatoms. The molecule has 0 bridgehead atoms. The Morgan fingerprint density at radius 2 is 1.28 bits per heavy atom. The molecule has 2 aliphatic rings. The monoisotopic (exact) mass is 650 g/mol. The molecule has 0 aliphatic carbocycles. The van der Waals surface area contributed by atoms with Crippen molar-refractivity contribution in [1.82, 2.24) is 10.6 Å². The number of aryl methyl sites for hydroxylation is 2. The van der Waals surface area contributed by atoms with E-state index < -0.39 is 0 Å². The Bertz CT molecular complexity index is 2410. The number of benzene rings is 6. The average Bonchev–Trinajstić information content (AvgIpc) is 3.95. The number of nitrogens with one attached hydrogen (secondary N) is 2. The summed E-state index contributed by atoms with van der Waals surface area (Å²) in [6.07, 6.45) is 9.29. The van der Waals surface area contributed by atoms with E-state index in [2.05, 4.69) is 180 Å². The van der Waals surface area contributed by atoms with E-state index >= 15 is 0 Å². The molecule has 0 saturated heterocycles. The van der Waals surface area contributed by atoms with Crippen molar-refractivity contribution in [3.63, 3.8) is 0 Å². The topological polar surface area (TPSA) is 43.7 Å². The number of rotatable bonds is 7. The van der Waals surface area contributed by atoms with Crippen LogP contribution in [0.15, 0.2) is 163 Å². The Labute approximate surface area is 292 Å². The largest absolute Gasteiger partial charge is 0.454 e. The Morgan fingerprint density at radius 1 is 0.600 bits per heavy atom. The Kier molecular flexibility index (Phi) is 7.39. The van der Waals surface area contributed by atoms with E-state index in [0.29, 0.717) is 0 Å².